The lowest BCUT2D eigenvalue weighted by Crippen LogP contribution is -2.40. The Bertz CT molecular complexity index is 963. The molecule has 0 saturated carbocycles. The second kappa shape index (κ2) is 10.1. The molecule has 3 rings (SSSR count). The van der Waals surface area contributed by atoms with Crippen LogP contribution in [0.15, 0.2) is 47.4 Å². The van der Waals surface area contributed by atoms with Gasteiger partial charge in [0.15, 0.2) is 0 Å². The van der Waals surface area contributed by atoms with Gasteiger partial charge < -0.3 is 10.1 Å². The molecular weight excluding hydrogens is 455 g/mol. The first-order valence-corrected chi connectivity index (χ1v) is 12.2. The predicted molar refractivity (Wildman–Crippen MR) is 117 cm³/mol. The number of morpholine rings is 1. The van der Waals surface area contributed by atoms with Crippen LogP contribution >= 0.6 is 35.0 Å². The second-order valence-corrected chi connectivity index (χ2v) is 10.1. The SMILES string of the molecule is O=C(CSCc1ccc(Cl)cc1)Nc1ccc(Cl)c(S(=O)(=O)N2CCOCC2)c1. The lowest BCUT2D eigenvalue weighted by atomic mass is 10.2. The summed E-state index contributed by atoms with van der Waals surface area (Å²) in [6, 6.07) is 11.9. The van der Waals surface area contributed by atoms with E-state index in [4.69, 9.17) is 27.9 Å². The van der Waals surface area contributed by atoms with Gasteiger partial charge in [0.05, 0.1) is 24.0 Å². The Balaban J connectivity index is 1.61. The molecule has 0 atom stereocenters. The van der Waals surface area contributed by atoms with Crippen LogP contribution in [0.25, 0.3) is 0 Å². The van der Waals surface area contributed by atoms with Gasteiger partial charge in [0.2, 0.25) is 15.9 Å². The average molecular weight is 475 g/mol. The highest BCUT2D eigenvalue weighted by atomic mass is 35.5. The maximum Gasteiger partial charge on any atom is 0.244 e. The van der Waals surface area contributed by atoms with E-state index in [0.29, 0.717) is 29.7 Å². The van der Waals surface area contributed by atoms with Crippen LogP contribution in [0.5, 0.6) is 0 Å². The third-order valence-electron chi connectivity index (χ3n) is 4.22. The molecule has 0 aliphatic carbocycles. The fraction of sp³-hybridized carbons (Fsp3) is 0.316. The standard InChI is InChI=1S/C19H20Cl2N2O4S2/c20-15-3-1-14(2-4-15)12-28-13-19(24)22-16-5-6-17(21)18(11-16)29(25,26)23-7-9-27-10-8-23/h1-6,11H,7-10,12-13H2,(H,22,24). The van der Waals surface area contributed by atoms with Gasteiger partial charge in [-0.25, -0.2) is 8.42 Å². The summed E-state index contributed by atoms with van der Waals surface area (Å²) in [7, 11) is -3.75. The van der Waals surface area contributed by atoms with Gasteiger partial charge in [0, 0.05) is 29.6 Å². The fourth-order valence-corrected chi connectivity index (χ4v) is 5.57. The van der Waals surface area contributed by atoms with Gasteiger partial charge in [-0.1, -0.05) is 35.3 Å². The normalized spacial score (nSPS) is 15.2. The summed E-state index contributed by atoms with van der Waals surface area (Å²) < 4.78 is 32.3. The first-order valence-electron chi connectivity index (χ1n) is 8.86. The summed E-state index contributed by atoms with van der Waals surface area (Å²) >= 11 is 13.4. The number of carbonyl (C=O) groups is 1. The number of halogens is 2. The molecule has 0 bridgehead atoms. The monoisotopic (exact) mass is 474 g/mol. The van der Waals surface area contributed by atoms with Crippen LogP contribution in [-0.4, -0.2) is 50.7 Å². The Morgan fingerprint density at radius 1 is 1.10 bits per heavy atom. The number of ether oxygens (including phenoxy) is 1. The highest BCUT2D eigenvalue weighted by molar-refractivity contribution is 7.99. The number of hydrogen-bond acceptors (Lipinski definition) is 5. The van der Waals surface area contributed by atoms with E-state index in [2.05, 4.69) is 5.32 Å². The molecule has 0 radical (unpaired) electrons. The number of anilines is 1. The minimum absolute atomic E-state index is 0.0207. The summed E-state index contributed by atoms with van der Waals surface area (Å²) in [5, 5.41) is 3.52. The highest BCUT2D eigenvalue weighted by Crippen LogP contribution is 2.28. The van der Waals surface area contributed by atoms with Crippen molar-refractivity contribution in [2.24, 2.45) is 0 Å². The molecule has 1 aliphatic heterocycles. The Hall–Kier alpha value is -1.29. The van der Waals surface area contributed by atoms with Gasteiger partial charge in [-0.2, -0.15) is 4.31 Å². The fourth-order valence-electron chi connectivity index (χ4n) is 2.74. The summed E-state index contributed by atoms with van der Waals surface area (Å²) in [5.74, 6) is 0.680. The van der Waals surface area contributed by atoms with Crippen LogP contribution in [0.2, 0.25) is 10.0 Å². The van der Waals surface area contributed by atoms with Crippen LogP contribution < -0.4 is 5.32 Å². The van der Waals surface area contributed by atoms with E-state index in [-0.39, 0.29) is 34.7 Å². The number of hydrogen-bond donors (Lipinski definition) is 1. The van der Waals surface area contributed by atoms with Crippen molar-refractivity contribution in [3.05, 3.63) is 58.1 Å². The predicted octanol–water partition coefficient (Wildman–Crippen LogP) is 3.89. The highest BCUT2D eigenvalue weighted by Gasteiger charge is 2.28. The maximum absolute atomic E-state index is 12.9. The van der Waals surface area contributed by atoms with E-state index in [1.165, 1.54) is 28.2 Å². The lowest BCUT2D eigenvalue weighted by molar-refractivity contribution is -0.113. The quantitative estimate of drug-likeness (QED) is 0.658. The number of nitrogens with one attached hydrogen (secondary N) is 1. The molecule has 6 nitrogen and oxygen atoms in total. The van der Waals surface area contributed by atoms with Crippen molar-refractivity contribution >= 4 is 56.6 Å². The number of sulfonamides is 1. The van der Waals surface area contributed by atoms with E-state index < -0.39 is 10.0 Å². The molecule has 0 aromatic heterocycles. The summed E-state index contributed by atoms with van der Waals surface area (Å²) in [6.07, 6.45) is 0. The zero-order chi connectivity index (χ0) is 20.9. The molecule has 1 N–H and O–H groups in total. The number of rotatable bonds is 7. The van der Waals surface area contributed by atoms with Gasteiger partial charge >= 0.3 is 0 Å². The van der Waals surface area contributed by atoms with E-state index >= 15 is 0 Å². The molecule has 2 aromatic carbocycles. The molecule has 2 aromatic rings. The zero-order valence-corrected chi connectivity index (χ0v) is 18.6. The van der Waals surface area contributed by atoms with Crippen LogP contribution in [0.4, 0.5) is 5.69 Å². The Morgan fingerprint density at radius 3 is 2.48 bits per heavy atom. The van der Waals surface area contributed by atoms with E-state index in [1.807, 2.05) is 24.3 Å². The first-order chi connectivity index (χ1) is 13.9. The number of carbonyl (C=O) groups excluding carboxylic acids is 1. The van der Waals surface area contributed by atoms with Crippen molar-refractivity contribution in [2.75, 3.05) is 37.4 Å². The number of thioether (sulfide) groups is 1. The minimum Gasteiger partial charge on any atom is -0.379 e. The molecule has 156 valence electrons. The number of nitrogens with zero attached hydrogens (tertiary/aromatic N) is 1. The topological polar surface area (TPSA) is 75.7 Å². The van der Waals surface area contributed by atoms with Crippen molar-refractivity contribution in [2.45, 2.75) is 10.6 Å². The van der Waals surface area contributed by atoms with Crippen molar-refractivity contribution in [1.29, 1.82) is 0 Å². The lowest BCUT2D eigenvalue weighted by Gasteiger charge is -2.26. The Kier molecular flexibility index (Phi) is 7.84. The van der Waals surface area contributed by atoms with Gasteiger partial charge in [0.1, 0.15) is 4.90 Å². The van der Waals surface area contributed by atoms with Crippen molar-refractivity contribution < 1.29 is 17.9 Å². The first kappa shape index (κ1) is 22.4. The molecule has 1 amide bonds. The molecular formula is C19H20Cl2N2O4S2. The number of benzene rings is 2. The van der Waals surface area contributed by atoms with Gasteiger partial charge in [-0.05, 0) is 35.9 Å². The molecule has 1 fully saturated rings. The average Bonchev–Trinajstić information content (AvgIpc) is 2.71. The molecule has 1 aliphatic rings. The van der Waals surface area contributed by atoms with E-state index in [0.717, 1.165) is 5.56 Å². The molecule has 0 spiro atoms. The van der Waals surface area contributed by atoms with Gasteiger partial charge in [-0.3, -0.25) is 4.79 Å². The number of amides is 1. The van der Waals surface area contributed by atoms with Gasteiger partial charge in [0.25, 0.3) is 0 Å². The Morgan fingerprint density at radius 2 is 1.79 bits per heavy atom. The molecule has 1 heterocycles. The summed E-state index contributed by atoms with van der Waals surface area (Å²) in [4.78, 5) is 12.2. The smallest absolute Gasteiger partial charge is 0.244 e. The maximum atomic E-state index is 12.9. The van der Waals surface area contributed by atoms with E-state index in [9.17, 15) is 13.2 Å². The summed E-state index contributed by atoms with van der Waals surface area (Å²) in [6.45, 7) is 1.24. The zero-order valence-electron chi connectivity index (χ0n) is 15.4. The third kappa shape index (κ3) is 6.10. The summed E-state index contributed by atoms with van der Waals surface area (Å²) in [5.41, 5.74) is 1.45. The van der Waals surface area contributed by atoms with Crippen molar-refractivity contribution in [3.8, 4) is 0 Å². The van der Waals surface area contributed by atoms with Crippen LogP contribution in [0.3, 0.4) is 0 Å². The molecule has 29 heavy (non-hydrogen) atoms. The Labute approximate surface area is 184 Å². The van der Waals surface area contributed by atoms with Gasteiger partial charge in [-0.15, -0.1) is 11.8 Å². The van der Waals surface area contributed by atoms with Crippen molar-refractivity contribution in [1.82, 2.24) is 4.31 Å². The molecule has 10 heteroatoms. The van der Waals surface area contributed by atoms with Crippen LogP contribution in [-0.2, 0) is 25.3 Å². The minimum atomic E-state index is -3.75. The van der Waals surface area contributed by atoms with Crippen LogP contribution in [0, 0.1) is 0 Å². The second-order valence-electron chi connectivity index (χ2n) is 6.33. The van der Waals surface area contributed by atoms with Crippen LogP contribution in [0.1, 0.15) is 5.56 Å². The van der Waals surface area contributed by atoms with Crippen molar-refractivity contribution in [3.63, 3.8) is 0 Å². The molecule has 1 saturated heterocycles. The largest absolute Gasteiger partial charge is 0.379 e. The third-order valence-corrected chi connectivity index (χ3v) is 7.85. The van der Waals surface area contributed by atoms with E-state index in [1.54, 1.807) is 6.07 Å². The molecule has 0 unspecified atom stereocenters.